The molecule has 1 N–H and O–H groups in total. The SMILES string of the molecule is CC(=O)N1CCC[C@H](C(=O)NC[C@@H](C)N2CCc3ccccc32)C1. The van der Waals surface area contributed by atoms with E-state index in [1.54, 1.807) is 11.8 Å². The molecule has 2 aliphatic rings. The summed E-state index contributed by atoms with van der Waals surface area (Å²) in [7, 11) is 0. The van der Waals surface area contributed by atoms with Gasteiger partial charge in [0.1, 0.15) is 0 Å². The highest BCUT2D eigenvalue weighted by atomic mass is 16.2. The summed E-state index contributed by atoms with van der Waals surface area (Å²) >= 11 is 0. The summed E-state index contributed by atoms with van der Waals surface area (Å²) in [5.41, 5.74) is 2.68. The van der Waals surface area contributed by atoms with Crippen LogP contribution in [0.25, 0.3) is 0 Å². The molecular weight excluding hydrogens is 302 g/mol. The van der Waals surface area contributed by atoms with Crippen molar-refractivity contribution in [2.75, 3.05) is 31.1 Å². The Balaban J connectivity index is 1.52. The molecule has 0 bridgehead atoms. The second-order valence-electron chi connectivity index (χ2n) is 6.97. The summed E-state index contributed by atoms with van der Waals surface area (Å²) in [6.07, 6.45) is 2.86. The van der Waals surface area contributed by atoms with E-state index in [1.807, 2.05) is 0 Å². The van der Waals surface area contributed by atoms with E-state index in [1.165, 1.54) is 11.3 Å². The molecule has 130 valence electrons. The lowest BCUT2D eigenvalue weighted by Gasteiger charge is -2.32. The number of likely N-dealkylation sites (tertiary alicyclic amines) is 1. The predicted molar refractivity (Wildman–Crippen MR) is 94.9 cm³/mol. The summed E-state index contributed by atoms with van der Waals surface area (Å²) in [5, 5.41) is 3.10. The molecule has 2 atom stereocenters. The fourth-order valence-electron chi connectivity index (χ4n) is 3.80. The average molecular weight is 329 g/mol. The molecule has 1 aromatic rings. The lowest BCUT2D eigenvalue weighted by Crippen LogP contribution is -2.47. The first-order valence-electron chi connectivity index (χ1n) is 8.94. The van der Waals surface area contributed by atoms with E-state index in [9.17, 15) is 9.59 Å². The number of fused-ring (bicyclic) bond motifs is 1. The fraction of sp³-hybridized carbons (Fsp3) is 0.579. The van der Waals surface area contributed by atoms with Crippen LogP contribution in [0.3, 0.4) is 0 Å². The number of nitrogens with zero attached hydrogens (tertiary/aromatic N) is 2. The highest BCUT2D eigenvalue weighted by Crippen LogP contribution is 2.29. The van der Waals surface area contributed by atoms with E-state index >= 15 is 0 Å². The number of rotatable bonds is 4. The molecule has 1 aromatic carbocycles. The van der Waals surface area contributed by atoms with Crippen LogP contribution in [-0.4, -0.2) is 48.9 Å². The van der Waals surface area contributed by atoms with Crippen molar-refractivity contribution in [3.8, 4) is 0 Å². The molecule has 2 heterocycles. The summed E-state index contributed by atoms with van der Waals surface area (Å²) < 4.78 is 0. The zero-order chi connectivity index (χ0) is 17.1. The van der Waals surface area contributed by atoms with Crippen LogP contribution in [0.2, 0.25) is 0 Å². The van der Waals surface area contributed by atoms with Crippen LogP contribution in [0.4, 0.5) is 5.69 Å². The topological polar surface area (TPSA) is 52.7 Å². The highest BCUT2D eigenvalue weighted by molar-refractivity contribution is 5.80. The van der Waals surface area contributed by atoms with Gasteiger partial charge in [0, 0.05) is 44.8 Å². The van der Waals surface area contributed by atoms with Gasteiger partial charge in [0.05, 0.1) is 5.92 Å². The van der Waals surface area contributed by atoms with Gasteiger partial charge in [0.25, 0.3) is 0 Å². The zero-order valence-corrected chi connectivity index (χ0v) is 14.6. The molecule has 5 nitrogen and oxygen atoms in total. The van der Waals surface area contributed by atoms with Crippen molar-refractivity contribution in [2.45, 2.75) is 39.2 Å². The van der Waals surface area contributed by atoms with Crippen LogP contribution in [0.15, 0.2) is 24.3 Å². The quantitative estimate of drug-likeness (QED) is 0.917. The Morgan fingerprint density at radius 3 is 2.88 bits per heavy atom. The second kappa shape index (κ2) is 7.24. The number of anilines is 1. The molecule has 24 heavy (non-hydrogen) atoms. The van der Waals surface area contributed by atoms with Gasteiger partial charge in [-0.25, -0.2) is 0 Å². The Bertz CT molecular complexity index is 616. The Morgan fingerprint density at radius 1 is 1.29 bits per heavy atom. The highest BCUT2D eigenvalue weighted by Gasteiger charge is 2.28. The van der Waals surface area contributed by atoms with E-state index in [4.69, 9.17) is 0 Å². The molecule has 2 aliphatic heterocycles. The van der Waals surface area contributed by atoms with Gasteiger partial charge in [-0.1, -0.05) is 18.2 Å². The van der Waals surface area contributed by atoms with Crippen molar-refractivity contribution in [1.82, 2.24) is 10.2 Å². The number of para-hydroxylation sites is 1. The maximum atomic E-state index is 12.5. The van der Waals surface area contributed by atoms with Crippen LogP contribution in [-0.2, 0) is 16.0 Å². The van der Waals surface area contributed by atoms with Gasteiger partial charge < -0.3 is 15.1 Å². The van der Waals surface area contributed by atoms with Gasteiger partial charge >= 0.3 is 0 Å². The molecule has 5 heteroatoms. The number of carbonyl (C=O) groups is 2. The predicted octanol–water partition coefficient (Wildman–Crippen LogP) is 1.81. The number of amides is 2. The number of hydrogen-bond donors (Lipinski definition) is 1. The minimum absolute atomic E-state index is 0.0644. The molecule has 1 fully saturated rings. The van der Waals surface area contributed by atoms with Gasteiger partial charge in [-0.3, -0.25) is 9.59 Å². The first-order chi connectivity index (χ1) is 11.6. The van der Waals surface area contributed by atoms with E-state index in [2.05, 4.69) is 41.4 Å². The fourth-order valence-corrected chi connectivity index (χ4v) is 3.80. The van der Waals surface area contributed by atoms with Gasteiger partial charge in [-0.05, 0) is 37.8 Å². The Morgan fingerprint density at radius 2 is 2.08 bits per heavy atom. The number of nitrogens with one attached hydrogen (secondary N) is 1. The van der Waals surface area contributed by atoms with Crippen molar-refractivity contribution in [3.05, 3.63) is 29.8 Å². The summed E-state index contributed by atoms with van der Waals surface area (Å²) in [4.78, 5) is 28.1. The van der Waals surface area contributed by atoms with Crippen molar-refractivity contribution >= 4 is 17.5 Å². The van der Waals surface area contributed by atoms with Crippen LogP contribution >= 0.6 is 0 Å². The van der Waals surface area contributed by atoms with Crippen LogP contribution in [0, 0.1) is 5.92 Å². The molecule has 0 unspecified atom stereocenters. The van der Waals surface area contributed by atoms with Crippen LogP contribution in [0.1, 0.15) is 32.3 Å². The zero-order valence-electron chi connectivity index (χ0n) is 14.6. The maximum Gasteiger partial charge on any atom is 0.224 e. The summed E-state index contributed by atoms with van der Waals surface area (Å²) in [6.45, 7) is 6.72. The van der Waals surface area contributed by atoms with Crippen LogP contribution < -0.4 is 10.2 Å². The standard InChI is InChI=1S/C19H27N3O2/c1-14(22-11-9-16-6-3-4-8-18(16)22)12-20-19(24)17-7-5-10-21(13-17)15(2)23/h3-4,6,8,14,17H,5,7,9-13H2,1-2H3,(H,20,24)/t14-,17+/m1/s1. The Labute approximate surface area is 144 Å². The molecule has 0 radical (unpaired) electrons. The van der Waals surface area contributed by atoms with Gasteiger partial charge in [-0.2, -0.15) is 0 Å². The molecule has 0 aliphatic carbocycles. The molecule has 3 rings (SSSR count). The molecule has 0 spiro atoms. The first-order valence-corrected chi connectivity index (χ1v) is 8.94. The van der Waals surface area contributed by atoms with Crippen molar-refractivity contribution in [2.24, 2.45) is 5.92 Å². The summed E-state index contributed by atoms with van der Waals surface area (Å²) in [5.74, 6) is 0.0792. The Hall–Kier alpha value is -2.04. The normalized spacial score (nSPS) is 21.3. The average Bonchev–Trinajstić information content (AvgIpc) is 3.03. The molecular formula is C19H27N3O2. The minimum atomic E-state index is -0.0688. The van der Waals surface area contributed by atoms with E-state index in [0.717, 1.165) is 32.4 Å². The lowest BCUT2D eigenvalue weighted by molar-refractivity contribution is -0.133. The number of carbonyl (C=O) groups excluding carboxylic acids is 2. The third kappa shape index (κ3) is 3.55. The van der Waals surface area contributed by atoms with Gasteiger partial charge in [0.15, 0.2) is 0 Å². The van der Waals surface area contributed by atoms with Crippen molar-refractivity contribution in [1.29, 1.82) is 0 Å². The van der Waals surface area contributed by atoms with E-state index in [0.29, 0.717) is 13.1 Å². The lowest BCUT2D eigenvalue weighted by atomic mass is 9.97. The molecule has 0 saturated carbocycles. The van der Waals surface area contributed by atoms with Gasteiger partial charge in [0.2, 0.25) is 11.8 Å². The van der Waals surface area contributed by atoms with Crippen LogP contribution in [0.5, 0.6) is 0 Å². The Kier molecular flexibility index (Phi) is 5.07. The molecule has 1 saturated heterocycles. The van der Waals surface area contributed by atoms with Crippen molar-refractivity contribution in [3.63, 3.8) is 0 Å². The number of benzene rings is 1. The minimum Gasteiger partial charge on any atom is -0.366 e. The van der Waals surface area contributed by atoms with E-state index < -0.39 is 0 Å². The monoisotopic (exact) mass is 329 g/mol. The smallest absolute Gasteiger partial charge is 0.224 e. The van der Waals surface area contributed by atoms with E-state index in [-0.39, 0.29) is 23.8 Å². The third-order valence-corrected chi connectivity index (χ3v) is 5.26. The molecule has 2 amide bonds. The largest absolute Gasteiger partial charge is 0.366 e. The maximum absolute atomic E-state index is 12.5. The third-order valence-electron chi connectivity index (χ3n) is 5.26. The second-order valence-corrected chi connectivity index (χ2v) is 6.97. The summed E-state index contributed by atoms with van der Waals surface area (Å²) in [6, 6.07) is 8.76. The first kappa shape index (κ1) is 16.8. The number of hydrogen-bond acceptors (Lipinski definition) is 3. The van der Waals surface area contributed by atoms with Crippen molar-refractivity contribution < 1.29 is 9.59 Å². The number of piperidine rings is 1. The van der Waals surface area contributed by atoms with Gasteiger partial charge in [-0.15, -0.1) is 0 Å². The molecule has 0 aromatic heterocycles.